The molecule has 0 aliphatic heterocycles. The quantitative estimate of drug-likeness (QED) is 0.0249. The van der Waals surface area contributed by atoms with Crippen LogP contribution in [0.3, 0.4) is 0 Å². The lowest BCUT2D eigenvalue weighted by molar-refractivity contribution is -0.154. The zero-order valence-corrected chi connectivity index (χ0v) is 32.7. The minimum Gasteiger partial charge on any atom is -0.457 e. The first-order valence-electron chi connectivity index (χ1n) is 19.4. The van der Waals surface area contributed by atoms with E-state index in [9.17, 15) is 19.4 Å². The van der Waals surface area contributed by atoms with Crippen molar-refractivity contribution in [3.05, 3.63) is 72.9 Å². The van der Waals surface area contributed by atoms with Gasteiger partial charge in [0.15, 0.2) is 0 Å². The van der Waals surface area contributed by atoms with Gasteiger partial charge in [0, 0.05) is 13.0 Å². The van der Waals surface area contributed by atoms with Gasteiger partial charge in [-0.1, -0.05) is 125 Å². The largest absolute Gasteiger partial charge is 0.472 e. The number of phosphoric ester groups is 1. The van der Waals surface area contributed by atoms with E-state index in [2.05, 4.69) is 86.8 Å². The van der Waals surface area contributed by atoms with Gasteiger partial charge in [-0.05, 0) is 77.0 Å². The number of aliphatic hydroxyl groups excluding tert-OH is 2. The second-order valence-electron chi connectivity index (χ2n) is 12.6. The van der Waals surface area contributed by atoms with Crippen LogP contribution in [-0.2, 0) is 27.9 Å². The average Bonchev–Trinajstić information content (AvgIpc) is 3.12. The van der Waals surface area contributed by atoms with Crippen LogP contribution in [0.4, 0.5) is 0 Å². The van der Waals surface area contributed by atoms with Crippen LogP contribution >= 0.6 is 7.82 Å². The van der Waals surface area contributed by atoms with Gasteiger partial charge in [0.05, 0.1) is 26.4 Å². The predicted molar refractivity (Wildman–Crippen MR) is 209 cm³/mol. The third kappa shape index (κ3) is 37.5. The SMILES string of the molecule is CC/C=C\C/C=C\C/C=C\C/C=C\CCCOCC(COP(=O)(O)OCC(O)CO)OC(=O)CCCCCCC/C=C\C/C=C\CCCCCC. The fourth-order valence-corrected chi connectivity index (χ4v) is 5.47. The van der Waals surface area contributed by atoms with Crippen LogP contribution in [0.15, 0.2) is 72.9 Å². The van der Waals surface area contributed by atoms with E-state index in [1.807, 2.05) is 0 Å². The van der Waals surface area contributed by atoms with E-state index >= 15 is 0 Å². The number of carbonyl (C=O) groups excluding carboxylic acids is 1. The van der Waals surface area contributed by atoms with Crippen LogP contribution in [0, 0.1) is 0 Å². The highest BCUT2D eigenvalue weighted by molar-refractivity contribution is 7.47. The number of hydrogen-bond acceptors (Lipinski definition) is 8. The van der Waals surface area contributed by atoms with Crippen molar-refractivity contribution in [3.8, 4) is 0 Å². The molecule has 0 aromatic carbocycles. The van der Waals surface area contributed by atoms with E-state index in [-0.39, 0.29) is 13.0 Å². The molecule has 0 amide bonds. The van der Waals surface area contributed by atoms with Crippen LogP contribution in [0.25, 0.3) is 0 Å². The molecule has 0 bridgehead atoms. The Morgan fingerprint density at radius 3 is 1.69 bits per heavy atom. The van der Waals surface area contributed by atoms with Crippen molar-refractivity contribution in [2.24, 2.45) is 0 Å². The molecule has 0 heterocycles. The van der Waals surface area contributed by atoms with Crippen molar-refractivity contribution in [1.29, 1.82) is 0 Å². The monoisotopic (exact) mass is 738 g/mol. The second-order valence-corrected chi connectivity index (χ2v) is 14.0. The number of ether oxygens (including phenoxy) is 2. The van der Waals surface area contributed by atoms with Gasteiger partial charge < -0.3 is 24.6 Å². The molecule has 10 heteroatoms. The minimum absolute atomic E-state index is 0.00147. The molecule has 0 aliphatic rings. The Morgan fingerprint density at radius 1 is 0.627 bits per heavy atom. The smallest absolute Gasteiger partial charge is 0.457 e. The first-order chi connectivity index (χ1) is 24.8. The van der Waals surface area contributed by atoms with E-state index in [0.717, 1.165) is 77.0 Å². The number of aliphatic hydroxyl groups is 2. The van der Waals surface area contributed by atoms with Gasteiger partial charge in [-0.15, -0.1) is 0 Å². The molecule has 3 unspecified atom stereocenters. The van der Waals surface area contributed by atoms with Crippen LogP contribution in [-0.4, -0.2) is 66.3 Å². The summed E-state index contributed by atoms with van der Waals surface area (Å²) >= 11 is 0. The first kappa shape index (κ1) is 48.9. The molecule has 0 rings (SSSR count). The molecule has 3 atom stereocenters. The highest BCUT2D eigenvalue weighted by Crippen LogP contribution is 2.43. The first-order valence-corrected chi connectivity index (χ1v) is 20.9. The Morgan fingerprint density at radius 2 is 1.12 bits per heavy atom. The molecule has 0 aromatic heterocycles. The van der Waals surface area contributed by atoms with E-state index in [1.165, 1.54) is 32.1 Å². The second kappa shape index (κ2) is 37.7. The number of rotatable bonds is 36. The molecule has 9 nitrogen and oxygen atoms in total. The Hall–Kier alpha value is -2.10. The Balaban J connectivity index is 4.36. The Labute approximate surface area is 310 Å². The molecule has 0 radical (unpaired) electrons. The van der Waals surface area contributed by atoms with Crippen molar-refractivity contribution in [2.45, 2.75) is 148 Å². The molecule has 0 saturated heterocycles. The fraction of sp³-hybridized carbons (Fsp3) is 0.683. The summed E-state index contributed by atoms with van der Waals surface area (Å²) in [6.45, 7) is 3.18. The van der Waals surface area contributed by atoms with Crippen LogP contribution < -0.4 is 0 Å². The molecule has 0 saturated carbocycles. The number of allylic oxidation sites excluding steroid dienone is 12. The summed E-state index contributed by atoms with van der Waals surface area (Å²) in [7, 11) is -4.53. The fourth-order valence-electron chi connectivity index (χ4n) is 4.68. The van der Waals surface area contributed by atoms with Crippen molar-refractivity contribution >= 4 is 13.8 Å². The molecule has 3 N–H and O–H groups in total. The summed E-state index contributed by atoms with van der Waals surface area (Å²) in [4.78, 5) is 22.5. The van der Waals surface area contributed by atoms with Crippen LogP contribution in [0.2, 0.25) is 0 Å². The van der Waals surface area contributed by atoms with E-state index in [4.69, 9.17) is 23.6 Å². The highest BCUT2D eigenvalue weighted by atomic mass is 31.2. The minimum atomic E-state index is -4.53. The number of unbranched alkanes of at least 4 members (excludes halogenated alkanes) is 10. The van der Waals surface area contributed by atoms with E-state index < -0.39 is 45.8 Å². The predicted octanol–water partition coefficient (Wildman–Crippen LogP) is 10.2. The third-order valence-electron chi connectivity index (χ3n) is 7.63. The Kier molecular flexibility index (Phi) is 36.1. The number of carbonyl (C=O) groups is 1. The van der Waals surface area contributed by atoms with Gasteiger partial charge in [0.1, 0.15) is 12.2 Å². The van der Waals surface area contributed by atoms with Gasteiger partial charge in [-0.25, -0.2) is 4.57 Å². The number of phosphoric acid groups is 1. The van der Waals surface area contributed by atoms with Gasteiger partial charge in [0.25, 0.3) is 0 Å². The normalized spacial score (nSPS) is 15.0. The summed E-state index contributed by atoms with van der Waals surface area (Å²) in [5, 5.41) is 18.3. The molecule has 0 spiro atoms. The summed E-state index contributed by atoms with van der Waals surface area (Å²) < 4.78 is 33.2. The lowest BCUT2D eigenvalue weighted by Crippen LogP contribution is -2.29. The Bertz CT molecular complexity index is 1020. The van der Waals surface area contributed by atoms with Gasteiger partial charge in [-0.3, -0.25) is 13.8 Å². The number of esters is 1. The maximum Gasteiger partial charge on any atom is 0.472 e. The van der Waals surface area contributed by atoms with Gasteiger partial charge in [-0.2, -0.15) is 0 Å². The maximum absolute atomic E-state index is 12.6. The lowest BCUT2D eigenvalue weighted by atomic mass is 10.1. The van der Waals surface area contributed by atoms with Crippen LogP contribution in [0.5, 0.6) is 0 Å². The standard InChI is InChI=1S/C41H71O9P/c1-3-5-7-9-11-13-15-17-19-20-21-23-25-27-29-31-33-41(44)50-40(38-49-51(45,46)48-36-39(43)35-42)37-47-34-32-30-28-26-24-22-18-16-14-12-10-8-6-4-2/h6,8,12-15,18-20,22,26,28,39-40,42-43H,3-5,7,9-11,16-17,21,23-25,27,29-38H2,1-2H3,(H,45,46)/b8-6-,14-12-,15-13-,20-19-,22-18-,28-26-. The summed E-state index contributed by atoms with van der Waals surface area (Å²) in [6.07, 6.45) is 43.0. The molecule has 51 heavy (non-hydrogen) atoms. The summed E-state index contributed by atoms with van der Waals surface area (Å²) in [5.41, 5.74) is 0. The number of hydrogen-bond donors (Lipinski definition) is 3. The molecule has 294 valence electrons. The molecular formula is C41H71O9P. The lowest BCUT2D eigenvalue weighted by Gasteiger charge is -2.20. The molecule has 0 aliphatic carbocycles. The summed E-state index contributed by atoms with van der Waals surface area (Å²) in [5.74, 6) is -0.419. The highest BCUT2D eigenvalue weighted by Gasteiger charge is 2.26. The third-order valence-corrected chi connectivity index (χ3v) is 8.58. The van der Waals surface area contributed by atoms with Crippen molar-refractivity contribution in [3.63, 3.8) is 0 Å². The van der Waals surface area contributed by atoms with E-state index in [1.54, 1.807) is 0 Å². The molecule has 0 fully saturated rings. The zero-order chi connectivity index (χ0) is 37.5. The molecule has 0 aromatic rings. The van der Waals surface area contributed by atoms with Gasteiger partial charge in [0.2, 0.25) is 0 Å². The van der Waals surface area contributed by atoms with E-state index in [0.29, 0.717) is 13.0 Å². The average molecular weight is 739 g/mol. The topological polar surface area (TPSA) is 132 Å². The van der Waals surface area contributed by atoms with Crippen molar-refractivity contribution in [1.82, 2.24) is 0 Å². The molecular weight excluding hydrogens is 667 g/mol. The maximum atomic E-state index is 12.6. The van der Waals surface area contributed by atoms with Crippen molar-refractivity contribution in [2.75, 3.05) is 33.0 Å². The zero-order valence-electron chi connectivity index (χ0n) is 31.8. The van der Waals surface area contributed by atoms with Crippen LogP contribution in [0.1, 0.15) is 136 Å². The summed E-state index contributed by atoms with van der Waals surface area (Å²) in [6, 6.07) is 0. The van der Waals surface area contributed by atoms with Crippen molar-refractivity contribution < 1.29 is 43.0 Å². The van der Waals surface area contributed by atoms with Gasteiger partial charge >= 0.3 is 13.8 Å².